The molecule has 0 bridgehead atoms. The molecule has 140 valence electrons. The number of hydrogen-bond donors (Lipinski definition) is 2. The smallest absolute Gasteiger partial charge is 0.288 e. The first kappa shape index (κ1) is 17.7. The summed E-state index contributed by atoms with van der Waals surface area (Å²) in [5.74, 6) is -3.97. The topological polar surface area (TPSA) is 101 Å². The highest BCUT2D eigenvalue weighted by Gasteiger charge is 2.40. The Hall–Kier alpha value is -3.65. The van der Waals surface area contributed by atoms with Crippen LogP contribution in [0.15, 0.2) is 71.3 Å². The van der Waals surface area contributed by atoms with E-state index >= 15 is 4.39 Å². The third-order valence-corrected chi connectivity index (χ3v) is 4.16. The van der Waals surface area contributed by atoms with Gasteiger partial charge in [-0.15, -0.1) is 0 Å². The van der Waals surface area contributed by atoms with Crippen LogP contribution in [-0.4, -0.2) is 32.7 Å². The summed E-state index contributed by atoms with van der Waals surface area (Å²) in [6.07, 6.45) is 0. The number of para-hydroxylation sites is 1. The van der Waals surface area contributed by atoms with Crippen LogP contribution in [0.5, 0.6) is 0 Å². The van der Waals surface area contributed by atoms with Gasteiger partial charge in [0.15, 0.2) is 0 Å². The predicted octanol–water partition coefficient (Wildman–Crippen LogP) is 2.83. The highest BCUT2D eigenvalue weighted by Crippen LogP contribution is 2.25. The van der Waals surface area contributed by atoms with Crippen LogP contribution in [0.3, 0.4) is 0 Å². The Kier molecular flexibility index (Phi) is 4.54. The van der Waals surface area contributed by atoms with E-state index in [0.29, 0.717) is 5.69 Å². The number of rotatable bonds is 5. The first-order chi connectivity index (χ1) is 13.6. The molecular formula is C20H15FN4O3. The Morgan fingerprint density at radius 3 is 2.57 bits per heavy atom. The van der Waals surface area contributed by atoms with Crippen LogP contribution in [0.25, 0.3) is 22.4 Å². The molecule has 0 radical (unpaired) electrons. The predicted molar refractivity (Wildman–Crippen MR) is 98.8 cm³/mol. The molecule has 2 N–H and O–H groups in total. The fraction of sp³-hybridized carbons (Fsp3) is 0.100. The van der Waals surface area contributed by atoms with Gasteiger partial charge in [-0.3, -0.25) is 4.79 Å². The monoisotopic (exact) mass is 378 g/mol. The van der Waals surface area contributed by atoms with Gasteiger partial charge in [0.05, 0.1) is 5.52 Å². The normalized spacial score (nSPS) is 13.2. The van der Waals surface area contributed by atoms with Gasteiger partial charge in [-0.25, -0.2) is 9.37 Å². The number of aliphatic hydroxyl groups excluding tert-OH is 1. The van der Waals surface area contributed by atoms with Crippen LogP contribution in [0, 0.1) is 0 Å². The van der Waals surface area contributed by atoms with Crippen LogP contribution in [-0.2, 0) is 5.79 Å². The summed E-state index contributed by atoms with van der Waals surface area (Å²) in [6.45, 7) is -1.07. The van der Waals surface area contributed by atoms with Gasteiger partial charge in [0.2, 0.25) is 5.82 Å². The maximum Gasteiger partial charge on any atom is 0.288 e. The van der Waals surface area contributed by atoms with Gasteiger partial charge in [0, 0.05) is 10.9 Å². The summed E-state index contributed by atoms with van der Waals surface area (Å²) in [6, 6.07) is 19.0. The zero-order valence-corrected chi connectivity index (χ0v) is 14.5. The van der Waals surface area contributed by atoms with Crippen molar-refractivity contribution >= 4 is 16.8 Å². The zero-order chi connectivity index (χ0) is 19.6. The number of alkyl halides is 1. The molecule has 0 saturated heterocycles. The maximum absolute atomic E-state index is 15.2. The van der Waals surface area contributed by atoms with Crippen LogP contribution >= 0.6 is 0 Å². The molecule has 4 aromatic rings. The number of halogens is 1. The standard InChI is InChI=1S/C20H15FN4O3/c21-20(12-26,24-18(27)14-7-2-1-3-8-14)19-23-17(25-28-19)16-11-10-13-6-4-5-9-15(13)22-16/h1-11,26H,12H2,(H,24,27)/t20-/m1/s1. The number of carbonyl (C=O) groups excluding carboxylic acids is 1. The summed E-state index contributed by atoms with van der Waals surface area (Å²) < 4.78 is 20.1. The van der Waals surface area contributed by atoms with Gasteiger partial charge in [-0.1, -0.05) is 47.6 Å². The summed E-state index contributed by atoms with van der Waals surface area (Å²) in [4.78, 5) is 20.7. The first-order valence-electron chi connectivity index (χ1n) is 8.47. The third kappa shape index (κ3) is 3.33. The fourth-order valence-electron chi connectivity index (χ4n) is 2.68. The van der Waals surface area contributed by atoms with Gasteiger partial charge in [-0.2, -0.15) is 4.98 Å². The molecule has 0 saturated carbocycles. The zero-order valence-electron chi connectivity index (χ0n) is 14.5. The second-order valence-electron chi connectivity index (χ2n) is 6.09. The van der Waals surface area contributed by atoms with Crippen molar-refractivity contribution in [2.75, 3.05) is 6.61 Å². The lowest BCUT2D eigenvalue weighted by molar-refractivity contribution is 0.00786. The van der Waals surface area contributed by atoms with Crippen molar-refractivity contribution in [1.29, 1.82) is 0 Å². The third-order valence-electron chi connectivity index (χ3n) is 4.16. The minimum Gasteiger partial charge on any atom is -0.390 e. The SMILES string of the molecule is O=C(N[C@](F)(CO)c1nc(-c2ccc3ccccc3n2)no1)c1ccccc1. The van der Waals surface area contributed by atoms with Crippen LogP contribution in [0.1, 0.15) is 16.2 Å². The van der Waals surface area contributed by atoms with E-state index in [4.69, 9.17) is 4.52 Å². The molecule has 1 atom stereocenters. The highest BCUT2D eigenvalue weighted by molar-refractivity contribution is 5.94. The molecule has 0 aliphatic rings. The average molecular weight is 378 g/mol. The number of fused-ring (bicyclic) bond motifs is 1. The van der Waals surface area contributed by atoms with Crippen molar-refractivity contribution in [2.45, 2.75) is 5.79 Å². The molecule has 0 unspecified atom stereocenters. The molecule has 7 nitrogen and oxygen atoms in total. The quantitative estimate of drug-likeness (QED) is 0.518. The lowest BCUT2D eigenvalue weighted by Crippen LogP contribution is -2.45. The van der Waals surface area contributed by atoms with Gasteiger partial charge < -0.3 is 14.9 Å². The molecular weight excluding hydrogens is 363 g/mol. The molecule has 2 aromatic carbocycles. The number of nitrogens with one attached hydrogen (secondary N) is 1. The molecule has 1 amide bonds. The second-order valence-corrected chi connectivity index (χ2v) is 6.09. The summed E-state index contributed by atoms with van der Waals surface area (Å²) in [5.41, 5.74) is 1.33. The average Bonchev–Trinajstić information content (AvgIpc) is 3.25. The Labute approximate surface area is 158 Å². The number of amides is 1. The van der Waals surface area contributed by atoms with Crippen molar-refractivity contribution in [2.24, 2.45) is 0 Å². The van der Waals surface area contributed by atoms with E-state index in [-0.39, 0.29) is 11.4 Å². The molecule has 0 aliphatic heterocycles. The number of hydrogen-bond acceptors (Lipinski definition) is 6. The number of aromatic nitrogens is 3. The van der Waals surface area contributed by atoms with Crippen molar-refractivity contribution in [1.82, 2.24) is 20.4 Å². The van der Waals surface area contributed by atoms with E-state index in [1.54, 1.807) is 24.3 Å². The van der Waals surface area contributed by atoms with Crippen molar-refractivity contribution in [3.8, 4) is 11.5 Å². The van der Waals surface area contributed by atoms with Gasteiger partial charge in [-0.05, 0) is 24.3 Å². The largest absolute Gasteiger partial charge is 0.390 e. The summed E-state index contributed by atoms with van der Waals surface area (Å²) in [5, 5.41) is 16.3. The van der Waals surface area contributed by atoms with E-state index < -0.39 is 24.2 Å². The molecule has 0 aliphatic carbocycles. The lowest BCUT2D eigenvalue weighted by atomic mass is 10.2. The molecule has 8 heteroatoms. The number of pyridine rings is 1. The van der Waals surface area contributed by atoms with E-state index in [2.05, 4.69) is 20.4 Å². The summed E-state index contributed by atoms with van der Waals surface area (Å²) in [7, 11) is 0. The molecule has 4 rings (SSSR count). The lowest BCUT2D eigenvalue weighted by Gasteiger charge is -2.20. The van der Waals surface area contributed by atoms with Crippen LogP contribution < -0.4 is 5.32 Å². The number of benzene rings is 2. The van der Waals surface area contributed by atoms with Crippen molar-refractivity contribution < 1.29 is 18.8 Å². The minimum absolute atomic E-state index is 0.0465. The number of aliphatic hydroxyl groups is 1. The maximum atomic E-state index is 15.2. The number of carbonyl (C=O) groups is 1. The Morgan fingerprint density at radius 2 is 1.79 bits per heavy atom. The Bertz CT molecular complexity index is 1130. The van der Waals surface area contributed by atoms with E-state index in [1.807, 2.05) is 30.3 Å². The molecule has 2 heterocycles. The fourth-order valence-corrected chi connectivity index (χ4v) is 2.68. The highest BCUT2D eigenvalue weighted by atomic mass is 19.1. The Morgan fingerprint density at radius 1 is 1.04 bits per heavy atom. The number of nitrogens with zero attached hydrogens (tertiary/aromatic N) is 3. The van der Waals surface area contributed by atoms with Gasteiger partial charge in [0.25, 0.3) is 17.6 Å². The van der Waals surface area contributed by atoms with E-state index in [9.17, 15) is 9.90 Å². The summed E-state index contributed by atoms with van der Waals surface area (Å²) >= 11 is 0. The minimum atomic E-state index is -2.73. The molecule has 2 aromatic heterocycles. The van der Waals surface area contributed by atoms with Gasteiger partial charge >= 0.3 is 0 Å². The molecule has 28 heavy (non-hydrogen) atoms. The first-order valence-corrected chi connectivity index (χ1v) is 8.47. The molecule has 0 fully saturated rings. The van der Waals surface area contributed by atoms with Crippen LogP contribution in [0.4, 0.5) is 4.39 Å². The van der Waals surface area contributed by atoms with E-state index in [0.717, 1.165) is 10.9 Å². The second kappa shape index (κ2) is 7.16. The van der Waals surface area contributed by atoms with Crippen molar-refractivity contribution in [3.63, 3.8) is 0 Å². The Balaban J connectivity index is 1.62. The van der Waals surface area contributed by atoms with E-state index in [1.165, 1.54) is 12.1 Å². The molecule has 0 spiro atoms. The van der Waals surface area contributed by atoms with Gasteiger partial charge in [0.1, 0.15) is 12.3 Å². The van der Waals surface area contributed by atoms with Crippen molar-refractivity contribution in [3.05, 3.63) is 78.2 Å². The van der Waals surface area contributed by atoms with Crippen LogP contribution in [0.2, 0.25) is 0 Å².